The van der Waals surface area contributed by atoms with Crippen molar-refractivity contribution in [2.24, 2.45) is 5.73 Å². The first kappa shape index (κ1) is 13.7. The van der Waals surface area contributed by atoms with Crippen molar-refractivity contribution in [2.45, 2.75) is 25.3 Å². The molecule has 0 spiro atoms. The van der Waals surface area contributed by atoms with Gasteiger partial charge in [0, 0.05) is 12.0 Å². The number of benzene rings is 2. The van der Waals surface area contributed by atoms with Crippen LogP contribution >= 0.6 is 0 Å². The molecule has 100 valence electrons. The minimum absolute atomic E-state index is 0.0140. The quantitative estimate of drug-likeness (QED) is 0.889. The van der Waals surface area contributed by atoms with Crippen LogP contribution in [0.15, 0.2) is 48.5 Å². The van der Waals surface area contributed by atoms with Crippen LogP contribution < -0.4 is 5.73 Å². The summed E-state index contributed by atoms with van der Waals surface area (Å²) < 4.78 is 26.0. The predicted molar refractivity (Wildman–Crippen MR) is 72.9 cm³/mol. The normalized spacial score (nSPS) is 12.7. The number of hydrogen-bond acceptors (Lipinski definition) is 1. The van der Waals surface area contributed by atoms with E-state index in [4.69, 9.17) is 5.73 Å². The van der Waals surface area contributed by atoms with Gasteiger partial charge < -0.3 is 5.73 Å². The minimum atomic E-state index is -0.262. The topological polar surface area (TPSA) is 26.0 Å². The summed E-state index contributed by atoms with van der Waals surface area (Å²) in [5.41, 5.74) is 7.86. The third-order valence-electron chi connectivity index (χ3n) is 3.15. The average molecular weight is 261 g/mol. The molecule has 1 unspecified atom stereocenters. The molecule has 3 heteroatoms. The van der Waals surface area contributed by atoms with E-state index in [2.05, 4.69) is 0 Å². The molecule has 0 amide bonds. The molecular formula is C16H17F2N. The van der Waals surface area contributed by atoms with Crippen LogP contribution in [0, 0.1) is 11.6 Å². The maximum absolute atomic E-state index is 13.0. The van der Waals surface area contributed by atoms with Gasteiger partial charge in [0.1, 0.15) is 11.6 Å². The van der Waals surface area contributed by atoms with Gasteiger partial charge in [-0.3, -0.25) is 0 Å². The largest absolute Gasteiger partial charge is 0.328 e. The van der Waals surface area contributed by atoms with E-state index in [9.17, 15) is 8.78 Å². The van der Waals surface area contributed by atoms with Crippen LogP contribution in [0.25, 0.3) is 0 Å². The monoisotopic (exact) mass is 261 g/mol. The van der Waals surface area contributed by atoms with Crippen molar-refractivity contribution in [3.8, 4) is 0 Å². The van der Waals surface area contributed by atoms with Crippen molar-refractivity contribution >= 4 is 0 Å². The van der Waals surface area contributed by atoms with E-state index in [-0.39, 0.29) is 23.6 Å². The van der Waals surface area contributed by atoms with Gasteiger partial charge in [0.05, 0.1) is 0 Å². The first-order chi connectivity index (χ1) is 9.06. The van der Waals surface area contributed by atoms with E-state index in [0.717, 1.165) is 17.5 Å². The lowest BCUT2D eigenvalue weighted by Crippen LogP contribution is -2.19. The zero-order valence-corrected chi connectivity index (χ0v) is 10.8. The molecule has 1 atom stereocenters. The first-order valence-electron chi connectivity index (χ1n) is 6.33. The number of halogens is 2. The van der Waals surface area contributed by atoms with Gasteiger partial charge in [-0.15, -0.1) is 0 Å². The van der Waals surface area contributed by atoms with Gasteiger partial charge >= 0.3 is 0 Å². The van der Waals surface area contributed by atoms with Crippen molar-refractivity contribution in [2.75, 3.05) is 0 Å². The summed E-state index contributed by atoms with van der Waals surface area (Å²) >= 11 is 0. The Kier molecular flexibility index (Phi) is 4.27. The smallest absolute Gasteiger partial charge is 0.123 e. The number of rotatable bonds is 4. The van der Waals surface area contributed by atoms with Gasteiger partial charge in [0.2, 0.25) is 0 Å². The van der Waals surface area contributed by atoms with Gasteiger partial charge in [0.15, 0.2) is 0 Å². The zero-order valence-electron chi connectivity index (χ0n) is 10.8. The Morgan fingerprint density at radius 2 is 1.21 bits per heavy atom. The molecule has 0 aliphatic heterocycles. The molecule has 0 aliphatic rings. The molecule has 0 radical (unpaired) electrons. The number of hydrogen-bond donors (Lipinski definition) is 1. The zero-order chi connectivity index (χ0) is 13.8. The maximum atomic E-state index is 13.0. The molecule has 1 nitrogen and oxygen atoms in total. The molecule has 2 rings (SSSR count). The molecule has 0 aromatic heterocycles. The highest BCUT2D eigenvalue weighted by atomic mass is 19.1. The summed E-state index contributed by atoms with van der Waals surface area (Å²) in [5, 5.41) is 0. The Bertz CT molecular complexity index is 472. The average Bonchev–Trinajstić information content (AvgIpc) is 2.38. The van der Waals surface area contributed by atoms with Crippen molar-refractivity contribution in [1.82, 2.24) is 0 Å². The highest BCUT2D eigenvalue weighted by molar-refractivity contribution is 5.33. The summed E-state index contributed by atoms with van der Waals surface area (Å²) in [7, 11) is 0. The standard InChI is InChI=1S/C16H17F2N/c1-11(19)10-16(12-2-6-14(17)7-3-12)13-4-8-15(18)9-5-13/h2-9,11,16H,10,19H2,1H3. The third kappa shape index (κ3) is 3.61. The number of nitrogens with two attached hydrogens (primary N) is 1. The van der Waals surface area contributed by atoms with Gasteiger partial charge in [0.25, 0.3) is 0 Å². The molecule has 0 saturated heterocycles. The van der Waals surface area contributed by atoms with Crippen molar-refractivity contribution in [1.29, 1.82) is 0 Å². The van der Waals surface area contributed by atoms with E-state index >= 15 is 0 Å². The van der Waals surface area contributed by atoms with E-state index in [1.165, 1.54) is 24.3 Å². The Morgan fingerprint density at radius 3 is 1.53 bits per heavy atom. The van der Waals surface area contributed by atoms with Gasteiger partial charge in [-0.25, -0.2) is 8.78 Å². The van der Waals surface area contributed by atoms with Crippen LogP contribution in [0.4, 0.5) is 8.78 Å². The lowest BCUT2D eigenvalue weighted by molar-refractivity contribution is 0.598. The minimum Gasteiger partial charge on any atom is -0.328 e. The molecule has 0 saturated carbocycles. The van der Waals surface area contributed by atoms with Crippen LogP contribution in [0.2, 0.25) is 0 Å². The second kappa shape index (κ2) is 5.93. The van der Waals surface area contributed by atoms with Gasteiger partial charge in [-0.1, -0.05) is 24.3 Å². The fourth-order valence-corrected chi connectivity index (χ4v) is 2.23. The van der Waals surface area contributed by atoms with Crippen LogP contribution in [0.1, 0.15) is 30.4 Å². The van der Waals surface area contributed by atoms with Crippen LogP contribution in [0.3, 0.4) is 0 Å². The van der Waals surface area contributed by atoms with Crippen LogP contribution in [-0.4, -0.2) is 6.04 Å². The Balaban J connectivity index is 2.35. The lowest BCUT2D eigenvalue weighted by atomic mass is 9.86. The molecule has 0 heterocycles. The molecular weight excluding hydrogens is 244 g/mol. The summed E-state index contributed by atoms with van der Waals surface area (Å²) in [6.07, 6.45) is 0.733. The molecule has 0 fully saturated rings. The van der Waals surface area contributed by atoms with Crippen molar-refractivity contribution < 1.29 is 8.78 Å². The molecule has 0 bridgehead atoms. The Morgan fingerprint density at radius 1 is 0.842 bits per heavy atom. The second-order valence-corrected chi connectivity index (χ2v) is 4.87. The first-order valence-corrected chi connectivity index (χ1v) is 6.33. The van der Waals surface area contributed by atoms with Crippen molar-refractivity contribution in [3.05, 3.63) is 71.3 Å². The van der Waals surface area contributed by atoms with E-state index < -0.39 is 0 Å². The molecule has 2 aromatic carbocycles. The summed E-state index contributed by atoms with van der Waals surface area (Å²) in [6.45, 7) is 1.93. The third-order valence-corrected chi connectivity index (χ3v) is 3.15. The van der Waals surface area contributed by atoms with Crippen LogP contribution in [-0.2, 0) is 0 Å². The molecule has 0 aliphatic carbocycles. The van der Waals surface area contributed by atoms with E-state index in [1.807, 2.05) is 6.92 Å². The SMILES string of the molecule is CC(N)CC(c1ccc(F)cc1)c1ccc(F)cc1. The van der Waals surface area contributed by atoms with Gasteiger partial charge in [-0.05, 0) is 48.7 Å². The molecule has 2 aromatic rings. The Hall–Kier alpha value is -1.74. The van der Waals surface area contributed by atoms with Crippen LogP contribution in [0.5, 0.6) is 0 Å². The molecule has 19 heavy (non-hydrogen) atoms. The molecule has 2 N–H and O–H groups in total. The summed E-state index contributed by atoms with van der Waals surface area (Å²) in [4.78, 5) is 0. The van der Waals surface area contributed by atoms with Crippen molar-refractivity contribution in [3.63, 3.8) is 0 Å². The Labute approximate surface area is 112 Å². The highest BCUT2D eigenvalue weighted by Crippen LogP contribution is 2.29. The van der Waals surface area contributed by atoms with Gasteiger partial charge in [-0.2, -0.15) is 0 Å². The second-order valence-electron chi connectivity index (χ2n) is 4.87. The fourth-order valence-electron chi connectivity index (χ4n) is 2.23. The maximum Gasteiger partial charge on any atom is 0.123 e. The lowest BCUT2D eigenvalue weighted by Gasteiger charge is -2.20. The highest BCUT2D eigenvalue weighted by Gasteiger charge is 2.16. The fraction of sp³-hybridized carbons (Fsp3) is 0.250. The summed E-state index contributed by atoms with van der Waals surface area (Å²) in [5.74, 6) is -0.467. The predicted octanol–water partition coefficient (Wildman–Crippen LogP) is 3.83. The van der Waals surface area contributed by atoms with E-state index in [1.54, 1.807) is 24.3 Å². The summed E-state index contributed by atoms with van der Waals surface area (Å²) in [6, 6.07) is 12.8. The van der Waals surface area contributed by atoms with E-state index in [0.29, 0.717) is 0 Å².